The van der Waals surface area contributed by atoms with Crippen molar-refractivity contribution in [3.63, 3.8) is 0 Å². The van der Waals surface area contributed by atoms with Crippen molar-refractivity contribution in [3.05, 3.63) is 54.4 Å². The van der Waals surface area contributed by atoms with Crippen LogP contribution in [0.1, 0.15) is 13.8 Å². The lowest BCUT2D eigenvalue weighted by molar-refractivity contribution is 0.0387. The molecule has 0 aromatic heterocycles. The lowest BCUT2D eigenvalue weighted by Crippen LogP contribution is -2.41. The number of hydrogen-bond donors (Lipinski definition) is 3. The predicted molar refractivity (Wildman–Crippen MR) is 123 cm³/mol. The molecule has 9 heteroatoms. The summed E-state index contributed by atoms with van der Waals surface area (Å²) < 4.78 is 19.5. The zero-order chi connectivity index (χ0) is 22.2. The van der Waals surface area contributed by atoms with Crippen molar-refractivity contribution in [1.29, 1.82) is 0 Å². The molecule has 1 saturated heterocycles. The minimum absolute atomic E-state index is 0.317. The molecule has 0 radical (unpaired) electrons. The Morgan fingerprint density at radius 3 is 2.77 bits per heavy atom. The fourth-order valence-corrected chi connectivity index (χ4v) is 3.36. The van der Waals surface area contributed by atoms with Gasteiger partial charge in [-0.2, -0.15) is 0 Å². The SMILES string of the molecule is C=C(/N=C1\C(=C/N)N=C(Nc2ccccc2F)N1CC(C)C)NCCN1CCOCC1. The van der Waals surface area contributed by atoms with Crippen LogP contribution in [-0.4, -0.2) is 67.5 Å². The Morgan fingerprint density at radius 1 is 1.35 bits per heavy atom. The van der Waals surface area contributed by atoms with Gasteiger partial charge in [0.05, 0.1) is 18.9 Å². The molecule has 4 N–H and O–H groups in total. The van der Waals surface area contributed by atoms with Gasteiger partial charge in [-0.1, -0.05) is 32.6 Å². The van der Waals surface area contributed by atoms with Gasteiger partial charge in [-0.15, -0.1) is 0 Å². The zero-order valence-electron chi connectivity index (χ0n) is 18.3. The molecule has 0 atom stereocenters. The smallest absolute Gasteiger partial charge is 0.209 e. The first-order valence-electron chi connectivity index (χ1n) is 10.6. The molecule has 0 saturated carbocycles. The summed E-state index contributed by atoms with van der Waals surface area (Å²) in [5.41, 5.74) is 6.68. The molecule has 1 fully saturated rings. The van der Waals surface area contributed by atoms with Crippen LogP contribution in [-0.2, 0) is 4.74 Å². The first kappa shape index (κ1) is 22.8. The van der Waals surface area contributed by atoms with Gasteiger partial charge < -0.3 is 21.1 Å². The first-order chi connectivity index (χ1) is 15.0. The monoisotopic (exact) mass is 429 g/mol. The Morgan fingerprint density at radius 2 is 2.10 bits per heavy atom. The summed E-state index contributed by atoms with van der Waals surface area (Å²) in [6.07, 6.45) is 1.41. The van der Waals surface area contributed by atoms with Crippen LogP contribution >= 0.6 is 0 Å². The maximum atomic E-state index is 14.2. The summed E-state index contributed by atoms with van der Waals surface area (Å²) in [6, 6.07) is 6.48. The number of benzene rings is 1. The molecule has 0 bridgehead atoms. The molecule has 0 amide bonds. The van der Waals surface area contributed by atoms with Crippen molar-refractivity contribution in [3.8, 4) is 0 Å². The van der Waals surface area contributed by atoms with Crippen molar-refractivity contribution < 1.29 is 9.13 Å². The van der Waals surface area contributed by atoms with E-state index in [1.54, 1.807) is 18.2 Å². The number of guanidine groups is 1. The fourth-order valence-electron chi connectivity index (χ4n) is 3.36. The van der Waals surface area contributed by atoms with E-state index in [0.29, 0.717) is 41.5 Å². The normalized spacial score (nSPS) is 19.9. The predicted octanol–water partition coefficient (Wildman–Crippen LogP) is 2.16. The minimum atomic E-state index is -0.354. The number of morpholine rings is 1. The number of anilines is 1. The number of ether oxygens (including phenoxy) is 1. The molecule has 0 spiro atoms. The van der Waals surface area contributed by atoms with Gasteiger partial charge in [-0.3, -0.25) is 9.80 Å². The van der Waals surface area contributed by atoms with Gasteiger partial charge in [0.2, 0.25) is 5.96 Å². The molecule has 168 valence electrons. The summed E-state index contributed by atoms with van der Waals surface area (Å²) >= 11 is 0. The average Bonchev–Trinajstić information content (AvgIpc) is 3.06. The van der Waals surface area contributed by atoms with E-state index in [9.17, 15) is 4.39 Å². The lowest BCUT2D eigenvalue weighted by atomic mass is 10.2. The second-order valence-corrected chi connectivity index (χ2v) is 7.86. The van der Waals surface area contributed by atoms with Crippen molar-refractivity contribution in [2.24, 2.45) is 21.6 Å². The molecule has 2 aliphatic heterocycles. The van der Waals surface area contributed by atoms with E-state index in [0.717, 1.165) is 39.4 Å². The third kappa shape index (κ3) is 6.28. The summed E-state index contributed by atoms with van der Waals surface area (Å²) in [5.74, 6) is 1.55. The molecule has 2 heterocycles. The molecule has 2 aliphatic rings. The van der Waals surface area contributed by atoms with Gasteiger partial charge in [-0.25, -0.2) is 14.4 Å². The maximum absolute atomic E-state index is 14.2. The van der Waals surface area contributed by atoms with E-state index in [1.807, 2.05) is 4.90 Å². The summed E-state index contributed by atoms with van der Waals surface area (Å²) in [6.45, 7) is 13.9. The number of halogens is 1. The van der Waals surface area contributed by atoms with E-state index < -0.39 is 0 Å². The van der Waals surface area contributed by atoms with Crippen LogP contribution in [0, 0.1) is 11.7 Å². The van der Waals surface area contributed by atoms with Gasteiger partial charge in [0.25, 0.3) is 0 Å². The Balaban J connectivity index is 1.71. The molecular formula is C22H32FN7O. The number of nitrogens with two attached hydrogens (primary N) is 1. The summed E-state index contributed by atoms with van der Waals surface area (Å²) in [5, 5.41) is 6.33. The average molecular weight is 430 g/mol. The number of nitrogens with zero attached hydrogens (tertiary/aromatic N) is 4. The maximum Gasteiger partial charge on any atom is 0.209 e. The summed E-state index contributed by atoms with van der Waals surface area (Å²) in [7, 11) is 0. The largest absolute Gasteiger partial charge is 0.403 e. The number of nitrogens with one attached hydrogen (secondary N) is 2. The topological polar surface area (TPSA) is 90.5 Å². The van der Waals surface area contributed by atoms with Gasteiger partial charge in [0.15, 0.2) is 5.84 Å². The Labute approximate surface area is 183 Å². The van der Waals surface area contributed by atoms with E-state index in [2.05, 4.69) is 45.9 Å². The second-order valence-electron chi connectivity index (χ2n) is 7.86. The van der Waals surface area contributed by atoms with Gasteiger partial charge >= 0.3 is 0 Å². The fraction of sp³-hybridized carbons (Fsp3) is 0.455. The first-order valence-corrected chi connectivity index (χ1v) is 10.6. The highest BCUT2D eigenvalue weighted by atomic mass is 19.1. The van der Waals surface area contributed by atoms with Crippen molar-refractivity contribution in [2.45, 2.75) is 13.8 Å². The third-order valence-corrected chi connectivity index (χ3v) is 4.89. The Hall–Kier alpha value is -2.91. The third-order valence-electron chi connectivity index (χ3n) is 4.89. The summed E-state index contributed by atoms with van der Waals surface area (Å²) in [4.78, 5) is 13.4. The molecule has 0 unspecified atom stereocenters. The number of aliphatic imine (C=N–C) groups is 2. The Kier molecular flexibility index (Phi) is 8.02. The molecule has 31 heavy (non-hydrogen) atoms. The van der Waals surface area contributed by atoms with Crippen LogP contribution in [0.3, 0.4) is 0 Å². The van der Waals surface area contributed by atoms with Crippen molar-refractivity contribution in [1.82, 2.24) is 15.1 Å². The van der Waals surface area contributed by atoms with Gasteiger partial charge in [-0.05, 0) is 18.1 Å². The number of rotatable bonds is 8. The molecule has 1 aromatic carbocycles. The zero-order valence-corrected chi connectivity index (χ0v) is 18.3. The number of amidine groups is 1. The highest BCUT2D eigenvalue weighted by Crippen LogP contribution is 2.21. The van der Waals surface area contributed by atoms with Crippen LogP contribution in [0.2, 0.25) is 0 Å². The standard InChI is InChI=1S/C22H32FN7O/c1-16(2)15-30-21(26-17(3)25-8-9-29-10-12-31-13-11-29)20(14-24)28-22(30)27-19-7-5-4-6-18(19)23/h4-7,14,16,25H,3,8-13,15,24H2,1-2H3,(H,27,28)/b20-14+,26-21+. The van der Waals surface area contributed by atoms with E-state index in [4.69, 9.17) is 10.5 Å². The van der Waals surface area contributed by atoms with Crippen LogP contribution < -0.4 is 16.4 Å². The van der Waals surface area contributed by atoms with Crippen LogP contribution in [0.25, 0.3) is 0 Å². The van der Waals surface area contributed by atoms with Crippen LogP contribution in [0.15, 0.2) is 58.5 Å². The minimum Gasteiger partial charge on any atom is -0.403 e. The van der Waals surface area contributed by atoms with Gasteiger partial charge in [0.1, 0.15) is 17.3 Å². The Bertz CT molecular complexity index is 859. The molecular weight excluding hydrogens is 397 g/mol. The van der Waals surface area contributed by atoms with Crippen molar-refractivity contribution >= 4 is 17.5 Å². The van der Waals surface area contributed by atoms with E-state index in [1.165, 1.54) is 12.3 Å². The molecule has 8 nitrogen and oxygen atoms in total. The highest BCUT2D eigenvalue weighted by Gasteiger charge is 2.29. The lowest BCUT2D eigenvalue weighted by Gasteiger charge is -2.26. The van der Waals surface area contributed by atoms with E-state index >= 15 is 0 Å². The van der Waals surface area contributed by atoms with Gasteiger partial charge in [0, 0.05) is 38.9 Å². The highest BCUT2D eigenvalue weighted by molar-refractivity contribution is 6.18. The molecule has 0 aliphatic carbocycles. The van der Waals surface area contributed by atoms with Crippen LogP contribution in [0.4, 0.5) is 10.1 Å². The molecule has 1 aromatic rings. The second kappa shape index (κ2) is 10.9. The molecule has 3 rings (SSSR count). The van der Waals surface area contributed by atoms with E-state index in [-0.39, 0.29) is 5.82 Å². The van der Waals surface area contributed by atoms with Crippen molar-refractivity contribution in [2.75, 3.05) is 51.3 Å². The quantitative estimate of drug-likeness (QED) is 0.587. The van der Waals surface area contributed by atoms with Crippen LogP contribution in [0.5, 0.6) is 0 Å². The number of hydrogen-bond acceptors (Lipinski definition) is 7. The number of para-hydroxylation sites is 1.